The Morgan fingerprint density at radius 1 is 1.30 bits per heavy atom. The van der Waals surface area contributed by atoms with E-state index in [-0.39, 0.29) is 41.8 Å². The van der Waals surface area contributed by atoms with Crippen LogP contribution < -0.4 is 10.6 Å². The third-order valence-corrected chi connectivity index (χ3v) is 3.92. The molecule has 2 atom stereocenters. The van der Waals surface area contributed by atoms with Gasteiger partial charge < -0.3 is 15.7 Å². The predicted octanol–water partition coefficient (Wildman–Crippen LogP) is 1.21. The Hall–Kier alpha value is -1.10. The zero-order chi connectivity index (χ0) is 15.4. The fourth-order valence-electron chi connectivity index (χ4n) is 2.64. The number of carbonyl (C=O) groups is 2. The van der Waals surface area contributed by atoms with Crippen molar-refractivity contribution >= 4 is 11.8 Å². The number of amides is 2. The van der Waals surface area contributed by atoms with Crippen LogP contribution in [0.25, 0.3) is 0 Å². The first-order valence-electron chi connectivity index (χ1n) is 7.33. The van der Waals surface area contributed by atoms with Crippen LogP contribution in [0, 0.1) is 10.8 Å². The van der Waals surface area contributed by atoms with Crippen LogP contribution in [0.1, 0.15) is 53.4 Å². The molecule has 1 aliphatic carbocycles. The molecule has 0 heterocycles. The molecule has 0 aliphatic heterocycles. The highest BCUT2D eigenvalue weighted by molar-refractivity contribution is 5.85. The van der Waals surface area contributed by atoms with E-state index in [4.69, 9.17) is 0 Å². The predicted molar refractivity (Wildman–Crippen MR) is 78.1 cm³/mol. The van der Waals surface area contributed by atoms with Crippen LogP contribution in [-0.2, 0) is 9.59 Å². The molecule has 5 heteroatoms. The fraction of sp³-hybridized carbons (Fsp3) is 0.867. The van der Waals surface area contributed by atoms with Crippen LogP contribution in [0.2, 0.25) is 0 Å². The minimum Gasteiger partial charge on any atom is -0.396 e. The van der Waals surface area contributed by atoms with Crippen molar-refractivity contribution in [2.24, 2.45) is 10.8 Å². The van der Waals surface area contributed by atoms with Gasteiger partial charge in [0.15, 0.2) is 0 Å². The molecule has 1 aliphatic rings. The van der Waals surface area contributed by atoms with Gasteiger partial charge in [-0.3, -0.25) is 9.59 Å². The maximum atomic E-state index is 11.9. The Morgan fingerprint density at radius 3 is 2.50 bits per heavy atom. The highest BCUT2D eigenvalue weighted by Crippen LogP contribution is 2.37. The van der Waals surface area contributed by atoms with Gasteiger partial charge in [0.25, 0.3) is 0 Å². The number of nitrogens with one attached hydrogen (secondary N) is 2. The summed E-state index contributed by atoms with van der Waals surface area (Å²) in [4.78, 5) is 23.5. The van der Waals surface area contributed by atoms with E-state index in [1.807, 2.05) is 27.7 Å². The van der Waals surface area contributed by atoms with Gasteiger partial charge in [-0.05, 0) is 18.3 Å². The van der Waals surface area contributed by atoms with Crippen LogP contribution in [0.3, 0.4) is 0 Å². The van der Waals surface area contributed by atoms with Gasteiger partial charge in [0, 0.05) is 17.9 Å². The molecule has 1 saturated carbocycles. The van der Waals surface area contributed by atoms with Gasteiger partial charge in [-0.25, -0.2) is 0 Å². The number of hydrogen-bond donors (Lipinski definition) is 3. The SMILES string of the molecule is CC(C)(C)CC(=O)NCC(=O)NC1CCCC1(C)CO. The number of carbonyl (C=O) groups excluding carboxylic acids is 2. The Morgan fingerprint density at radius 2 is 1.95 bits per heavy atom. The zero-order valence-corrected chi connectivity index (χ0v) is 13.1. The normalized spacial score (nSPS) is 26.4. The van der Waals surface area contributed by atoms with Crippen LogP contribution in [0.5, 0.6) is 0 Å². The molecule has 0 aromatic heterocycles. The Kier molecular flexibility index (Phi) is 5.57. The summed E-state index contributed by atoms with van der Waals surface area (Å²) in [5.41, 5.74) is -0.313. The maximum Gasteiger partial charge on any atom is 0.239 e. The van der Waals surface area contributed by atoms with E-state index in [9.17, 15) is 14.7 Å². The number of hydrogen-bond acceptors (Lipinski definition) is 3. The second-order valence-corrected chi connectivity index (χ2v) is 7.34. The second-order valence-electron chi connectivity index (χ2n) is 7.34. The van der Waals surface area contributed by atoms with Crippen LogP contribution in [0.4, 0.5) is 0 Å². The van der Waals surface area contributed by atoms with E-state index in [1.165, 1.54) is 0 Å². The smallest absolute Gasteiger partial charge is 0.239 e. The van der Waals surface area contributed by atoms with Crippen molar-refractivity contribution in [1.29, 1.82) is 0 Å². The number of rotatable bonds is 5. The monoisotopic (exact) mass is 284 g/mol. The molecule has 0 aromatic carbocycles. The number of aliphatic hydroxyl groups excluding tert-OH is 1. The van der Waals surface area contributed by atoms with Crippen molar-refractivity contribution in [2.75, 3.05) is 13.2 Å². The first-order valence-corrected chi connectivity index (χ1v) is 7.33. The summed E-state index contributed by atoms with van der Waals surface area (Å²) < 4.78 is 0. The molecule has 3 N–H and O–H groups in total. The van der Waals surface area contributed by atoms with Gasteiger partial charge in [0.2, 0.25) is 11.8 Å². The molecule has 2 amide bonds. The van der Waals surface area contributed by atoms with Gasteiger partial charge in [0.05, 0.1) is 13.2 Å². The maximum absolute atomic E-state index is 11.9. The van der Waals surface area contributed by atoms with Crippen molar-refractivity contribution < 1.29 is 14.7 Å². The lowest BCUT2D eigenvalue weighted by molar-refractivity contribution is -0.127. The lowest BCUT2D eigenvalue weighted by Gasteiger charge is -2.30. The number of aliphatic hydroxyl groups is 1. The largest absolute Gasteiger partial charge is 0.396 e. The van der Waals surface area contributed by atoms with E-state index in [0.717, 1.165) is 19.3 Å². The minimum absolute atomic E-state index is 0.000446. The van der Waals surface area contributed by atoms with Gasteiger partial charge in [0.1, 0.15) is 0 Å². The molecule has 2 unspecified atom stereocenters. The van der Waals surface area contributed by atoms with Crippen LogP contribution >= 0.6 is 0 Å². The van der Waals surface area contributed by atoms with Crippen LogP contribution in [-0.4, -0.2) is 36.1 Å². The van der Waals surface area contributed by atoms with E-state index in [1.54, 1.807) is 0 Å². The van der Waals surface area contributed by atoms with Crippen molar-refractivity contribution in [3.8, 4) is 0 Å². The molecular weight excluding hydrogens is 256 g/mol. The molecule has 0 saturated heterocycles. The summed E-state index contributed by atoms with van der Waals surface area (Å²) in [7, 11) is 0. The highest BCUT2D eigenvalue weighted by Gasteiger charge is 2.38. The zero-order valence-electron chi connectivity index (χ0n) is 13.1. The molecular formula is C15H28N2O3. The average Bonchev–Trinajstić information content (AvgIpc) is 2.67. The lowest BCUT2D eigenvalue weighted by Crippen LogP contribution is -2.48. The molecule has 116 valence electrons. The molecule has 5 nitrogen and oxygen atoms in total. The van der Waals surface area contributed by atoms with Gasteiger partial charge >= 0.3 is 0 Å². The van der Waals surface area contributed by atoms with E-state index < -0.39 is 0 Å². The minimum atomic E-state index is -0.231. The summed E-state index contributed by atoms with van der Waals surface area (Å²) in [6, 6.07) is -0.000446. The topological polar surface area (TPSA) is 78.4 Å². The molecule has 0 bridgehead atoms. The first kappa shape index (κ1) is 17.0. The Bertz CT molecular complexity index is 363. The van der Waals surface area contributed by atoms with E-state index in [2.05, 4.69) is 10.6 Å². The van der Waals surface area contributed by atoms with Crippen LogP contribution in [0.15, 0.2) is 0 Å². The van der Waals surface area contributed by atoms with E-state index >= 15 is 0 Å². The van der Waals surface area contributed by atoms with Crippen molar-refractivity contribution in [3.63, 3.8) is 0 Å². The first-order chi connectivity index (χ1) is 9.16. The average molecular weight is 284 g/mol. The van der Waals surface area contributed by atoms with Gasteiger partial charge in [-0.1, -0.05) is 34.1 Å². The molecule has 0 aromatic rings. The molecule has 1 rings (SSSR count). The summed E-state index contributed by atoms with van der Waals surface area (Å²) in [6.07, 6.45) is 3.22. The summed E-state index contributed by atoms with van der Waals surface area (Å²) in [5, 5.41) is 15.0. The van der Waals surface area contributed by atoms with Gasteiger partial charge in [-0.2, -0.15) is 0 Å². The third-order valence-electron chi connectivity index (χ3n) is 3.92. The fourth-order valence-corrected chi connectivity index (χ4v) is 2.64. The Labute approximate surface area is 121 Å². The van der Waals surface area contributed by atoms with E-state index in [0.29, 0.717) is 6.42 Å². The standard InChI is InChI=1S/C15H28N2O3/c1-14(2,3)8-12(19)16-9-13(20)17-11-6-5-7-15(11,4)10-18/h11,18H,5-10H2,1-4H3,(H,16,19)(H,17,20). The summed E-state index contributed by atoms with van der Waals surface area (Å²) in [6.45, 7) is 8.03. The second kappa shape index (κ2) is 6.57. The molecule has 1 fully saturated rings. The molecule has 0 spiro atoms. The summed E-state index contributed by atoms with van der Waals surface area (Å²) in [5.74, 6) is -0.289. The molecule has 0 radical (unpaired) electrons. The molecule has 20 heavy (non-hydrogen) atoms. The van der Waals surface area contributed by atoms with Crippen molar-refractivity contribution in [1.82, 2.24) is 10.6 Å². The quantitative estimate of drug-likeness (QED) is 0.710. The van der Waals surface area contributed by atoms with Gasteiger partial charge in [-0.15, -0.1) is 0 Å². The van der Waals surface area contributed by atoms with Crippen molar-refractivity contribution in [2.45, 2.75) is 59.4 Å². The van der Waals surface area contributed by atoms with Crippen molar-refractivity contribution in [3.05, 3.63) is 0 Å². The third kappa shape index (κ3) is 5.12. The highest BCUT2D eigenvalue weighted by atomic mass is 16.3. The summed E-state index contributed by atoms with van der Waals surface area (Å²) >= 11 is 0. The Balaban J connectivity index is 2.36. The lowest BCUT2D eigenvalue weighted by atomic mass is 9.86.